The maximum absolute atomic E-state index is 13.2. The summed E-state index contributed by atoms with van der Waals surface area (Å²) in [5, 5.41) is 1.87. The average Bonchev–Trinajstić information content (AvgIpc) is 2.83. The van der Waals surface area contributed by atoms with Crippen LogP contribution in [-0.2, 0) is 16.0 Å². The Kier molecular flexibility index (Phi) is 4.71. The number of hydrogen-bond acceptors (Lipinski definition) is 2. The van der Waals surface area contributed by atoms with Gasteiger partial charge in [-0.1, -0.05) is 29.8 Å². The minimum atomic E-state index is -0.396. The molecule has 2 amide bonds. The molecule has 3 rings (SSSR count). The number of carbonyl (C=O) groups is 2. The second-order valence-electron chi connectivity index (χ2n) is 6.12. The molecule has 0 unspecified atom stereocenters. The Morgan fingerprint density at radius 1 is 1.17 bits per heavy atom. The van der Waals surface area contributed by atoms with E-state index in [1.165, 1.54) is 17.0 Å². The van der Waals surface area contributed by atoms with Gasteiger partial charge in [0.05, 0.1) is 18.7 Å². The van der Waals surface area contributed by atoms with Crippen molar-refractivity contribution in [1.29, 1.82) is 0 Å². The van der Waals surface area contributed by atoms with Gasteiger partial charge in [-0.15, -0.1) is 0 Å². The zero-order chi connectivity index (χ0) is 17.1. The molecule has 1 heterocycles. The van der Waals surface area contributed by atoms with Crippen LogP contribution in [0.4, 0.5) is 10.1 Å². The molecular weight excluding hydrogens is 307 g/mol. The summed E-state index contributed by atoms with van der Waals surface area (Å²) in [7, 11) is 0. The molecule has 2 aromatic rings. The first-order chi connectivity index (χ1) is 11.5. The molecule has 4 nitrogen and oxygen atoms in total. The van der Waals surface area contributed by atoms with Crippen LogP contribution in [0.2, 0.25) is 0 Å². The maximum Gasteiger partial charge on any atom is 0.292 e. The third kappa shape index (κ3) is 3.51. The zero-order valence-electron chi connectivity index (χ0n) is 13.5. The number of carbonyl (C=O) groups excluding carboxylic acids is 2. The van der Waals surface area contributed by atoms with Crippen molar-refractivity contribution in [2.75, 3.05) is 11.4 Å². The summed E-state index contributed by atoms with van der Waals surface area (Å²) >= 11 is 0. The molecule has 0 saturated carbocycles. The van der Waals surface area contributed by atoms with Crippen molar-refractivity contribution in [3.05, 3.63) is 65.5 Å². The summed E-state index contributed by atoms with van der Waals surface area (Å²) in [6.07, 6.45) is 0.857. The highest BCUT2D eigenvalue weighted by atomic mass is 19.1. The predicted molar refractivity (Wildman–Crippen MR) is 89.0 cm³/mol. The lowest BCUT2D eigenvalue weighted by Crippen LogP contribution is -2.92. The molecular formula is C19H20FN2O2+. The molecule has 124 valence electrons. The van der Waals surface area contributed by atoms with E-state index >= 15 is 0 Å². The fourth-order valence-corrected chi connectivity index (χ4v) is 2.95. The zero-order valence-corrected chi connectivity index (χ0v) is 13.5. The molecule has 2 aromatic carbocycles. The number of halogens is 1. The topological polar surface area (TPSA) is 54.0 Å². The molecule has 24 heavy (non-hydrogen) atoms. The van der Waals surface area contributed by atoms with Gasteiger partial charge in [0.2, 0.25) is 5.91 Å². The highest BCUT2D eigenvalue weighted by Crippen LogP contribution is 2.21. The van der Waals surface area contributed by atoms with E-state index in [1.807, 2.05) is 30.4 Å². The Bertz CT molecular complexity index is 758. The van der Waals surface area contributed by atoms with E-state index in [1.54, 1.807) is 18.2 Å². The highest BCUT2D eigenvalue weighted by molar-refractivity contribution is 6.21. The standard InChI is InChI=1S/C19H19FN2O2/c1-13-5-7-16(8-6-13)22-18(23)12-17(19(22)24)21-10-9-14-3-2-4-15(20)11-14/h2-8,11,17,21H,9-10,12H2,1H3/p+1/t17-/m0/s1. The van der Waals surface area contributed by atoms with Crippen LogP contribution in [-0.4, -0.2) is 24.4 Å². The van der Waals surface area contributed by atoms with Crippen LogP contribution >= 0.6 is 0 Å². The molecule has 0 aliphatic carbocycles. The van der Waals surface area contributed by atoms with Crippen molar-refractivity contribution >= 4 is 17.5 Å². The Morgan fingerprint density at radius 3 is 2.62 bits per heavy atom. The molecule has 1 fully saturated rings. The maximum atomic E-state index is 13.2. The van der Waals surface area contributed by atoms with Crippen molar-refractivity contribution in [2.24, 2.45) is 0 Å². The molecule has 1 atom stereocenters. The van der Waals surface area contributed by atoms with E-state index in [2.05, 4.69) is 0 Å². The lowest BCUT2D eigenvalue weighted by atomic mass is 10.1. The van der Waals surface area contributed by atoms with Gasteiger partial charge in [0.1, 0.15) is 5.82 Å². The number of nitrogens with two attached hydrogens (primary N) is 1. The fourth-order valence-electron chi connectivity index (χ4n) is 2.95. The van der Waals surface area contributed by atoms with Crippen LogP contribution < -0.4 is 10.2 Å². The van der Waals surface area contributed by atoms with Gasteiger partial charge in [0, 0.05) is 6.42 Å². The van der Waals surface area contributed by atoms with Crippen LogP contribution in [0.3, 0.4) is 0 Å². The molecule has 2 N–H and O–H groups in total. The van der Waals surface area contributed by atoms with E-state index in [-0.39, 0.29) is 24.1 Å². The summed E-state index contributed by atoms with van der Waals surface area (Å²) in [4.78, 5) is 26.0. The van der Waals surface area contributed by atoms with Gasteiger partial charge in [0.15, 0.2) is 6.04 Å². The highest BCUT2D eigenvalue weighted by Gasteiger charge is 2.41. The predicted octanol–water partition coefficient (Wildman–Crippen LogP) is 1.57. The first-order valence-electron chi connectivity index (χ1n) is 8.06. The SMILES string of the molecule is Cc1ccc(N2C(=O)C[C@H]([NH2+]CCc3cccc(F)c3)C2=O)cc1. The number of nitrogens with zero attached hydrogens (tertiary/aromatic N) is 1. The van der Waals surface area contributed by atoms with Crippen molar-refractivity contribution in [1.82, 2.24) is 0 Å². The molecule has 0 radical (unpaired) electrons. The van der Waals surface area contributed by atoms with E-state index in [9.17, 15) is 14.0 Å². The third-order valence-electron chi connectivity index (χ3n) is 4.25. The van der Waals surface area contributed by atoms with Gasteiger partial charge in [-0.25, -0.2) is 9.29 Å². The van der Waals surface area contributed by atoms with E-state index in [0.717, 1.165) is 11.1 Å². The Balaban J connectivity index is 1.60. The van der Waals surface area contributed by atoms with Crippen molar-refractivity contribution in [2.45, 2.75) is 25.8 Å². The average molecular weight is 327 g/mol. The molecule has 5 heteroatoms. The van der Waals surface area contributed by atoms with Crippen molar-refractivity contribution in [3.8, 4) is 0 Å². The number of amides is 2. The number of benzene rings is 2. The van der Waals surface area contributed by atoms with E-state index in [0.29, 0.717) is 18.7 Å². The van der Waals surface area contributed by atoms with E-state index in [4.69, 9.17) is 0 Å². The monoisotopic (exact) mass is 327 g/mol. The first-order valence-corrected chi connectivity index (χ1v) is 8.06. The number of aryl methyl sites for hydroxylation is 1. The summed E-state index contributed by atoms with van der Waals surface area (Å²) in [5.74, 6) is -0.607. The van der Waals surface area contributed by atoms with Gasteiger partial charge in [-0.3, -0.25) is 9.59 Å². The second kappa shape index (κ2) is 6.93. The lowest BCUT2D eigenvalue weighted by molar-refractivity contribution is -0.674. The van der Waals surface area contributed by atoms with E-state index < -0.39 is 6.04 Å². The van der Waals surface area contributed by atoms with Crippen LogP contribution in [0.25, 0.3) is 0 Å². The number of rotatable bonds is 5. The smallest absolute Gasteiger partial charge is 0.292 e. The first kappa shape index (κ1) is 16.3. The molecule has 1 saturated heterocycles. The third-order valence-corrected chi connectivity index (χ3v) is 4.25. The minimum Gasteiger partial charge on any atom is -0.335 e. The lowest BCUT2D eigenvalue weighted by Gasteiger charge is -2.14. The van der Waals surface area contributed by atoms with Gasteiger partial charge in [0.25, 0.3) is 5.91 Å². The Hall–Kier alpha value is -2.53. The summed E-state index contributed by atoms with van der Waals surface area (Å²) < 4.78 is 13.2. The normalized spacial score (nSPS) is 17.6. The summed E-state index contributed by atoms with van der Waals surface area (Å²) in [6.45, 7) is 2.59. The molecule has 0 bridgehead atoms. The van der Waals surface area contributed by atoms with Gasteiger partial charge in [-0.05, 0) is 36.8 Å². The molecule has 1 aliphatic rings. The number of anilines is 1. The molecule has 0 aromatic heterocycles. The van der Waals surface area contributed by atoms with Crippen LogP contribution in [0, 0.1) is 12.7 Å². The Labute approximate surface area is 140 Å². The largest absolute Gasteiger partial charge is 0.335 e. The van der Waals surface area contributed by atoms with Crippen LogP contribution in [0.5, 0.6) is 0 Å². The van der Waals surface area contributed by atoms with Crippen molar-refractivity contribution < 1.29 is 19.3 Å². The number of quaternary nitrogens is 1. The summed E-state index contributed by atoms with van der Waals surface area (Å²) in [5.41, 5.74) is 2.59. The van der Waals surface area contributed by atoms with Gasteiger partial charge in [-0.2, -0.15) is 0 Å². The summed E-state index contributed by atoms with van der Waals surface area (Å²) in [6, 6.07) is 13.4. The van der Waals surface area contributed by atoms with Crippen LogP contribution in [0.15, 0.2) is 48.5 Å². The quantitative estimate of drug-likeness (QED) is 0.848. The molecule has 0 spiro atoms. The second-order valence-corrected chi connectivity index (χ2v) is 6.12. The van der Waals surface area contributed by atoms with Gasteiger partial charge >= 0.3 is 0 Å². The van der Waals surface area contributed by atoms with Crippen molar-refractivity contribution in [3.63, 3.8) is 0 Å². The minimum absolute atomic E-state index is 0.171. The van der Waals surface area contributed by atoms with Crippen LogP contribution in [0.1, 0.15) is 17.5 Å². The number of hydrogen-bond donors (Lipinski definition) is 1. The van der Waals surface area contributed by atoms with Gasteiger partial charge < -0.3 is 5.32 Å². The number of imide groups is 1. The molecule has 1 aliphatic heterocycles. The fraction of sp³-hybridized carbons (Fsp3) is 0.263. The Morgan fingerprint density at radius 2 is 1.92 bits per heavy atom.